The highest BCUT2D eigenvalue weighted by Gasteiger charge is 2.72. The predicted octanol–water partition coefficient (Wildman–Crippen LogP) is 6.10. The van der Waals surface area contributed by atoms with E-state index in [-0.39, 0.29) is 47.4 Å². The molecule has 0 amide bonds. The van der Waals surface area contributed by atoms with Crippen LogP contribution in [0.2, 0.25) is 0 Å². The molecule has 2 saturated carbocycles. The average Bonchev–Trinajstić information content (AvgIpc) is 3.36. The second kappa shape index (κ2) is 10.6. The Bertz CT molecular complexity index is 1070. The van der Waals surface area contributed by atoms with Crippen molar-refractivity contribution >= 4 is 11.9 Å². The first-order chi connectivity index (χ1) is 21.1. The summed E-state index contributed by atoms with van der Waals surface area (Å²) in [5.41, 5.74) is -1.44. The summed E-state index contributed by atoms with van der Waals surface area (Å²) in [5, 5.41) is 0. The number of unbranched alkanes of at least 4 members (excludes halogenated alkanes) is 3. The van der Waals surface area contributed by atoms with Gasteiger partial charge >= 0.3 is 11.9 Å². The quantitative estimate of drug-likeness (QED) is 0.189. The van der Waals surface area contributed by atoms with Crippen LogP contribution in [-0.4, -0.2) is 47.3 Å². The first-order valence-corrected chi connectivity index (χ1v) is 17.6. The summed E-state index contributed by atoms with van der Waals surface area (Å²) < 4.78 is 24.5. The van der Waals surface area contributed by atoms with Crippen molar-refractivity contribution in [1.29, 1.82) is 0 Å². The molecule has 2 aliphatic carbocycles. The van der Waals surface area contributed by atoms with E-state index in [9.17, 15) is 9.59 Å². The zero-order valence-electron chi connectivity index (χ0n) is 26.8. The summed E-state index contributed by atoms with van der Waals surface area (Å²) in [6.45, 7) is 8.33. The van der Waals surface area contributed by atoms with Crippen LogP contribution in [0.4, 0.5) is 0 Å². The molecule has 10 fully saturated rings. The summed E-state index contributed by atoms with van der Waals surface area (Å²) in [6, 6.07) is 0. The van der Waals surface area contributed by atoms with Gasteiger partial charge in [0.15, 0.2) is 11.2 Å². The Morgan fingerprint density at radius 1 is 0.568 bits per heavy atom. The standard InChI is InChI=1S/C34H50O10/c1-19-11-13-25-21(27(35)37-29-33(25)23(19)15-17-31(3,39-29)41-43-33)9-7-5-6-8-10-22-26-14-12-20(2)24-16-18-32(4)40-30(38-28(22)36)34(24,26)44-42-32/h19-26,29-30H,5-18H2,1-4H3/t19-,20-,21-,22+,23+,24+,25?,26?,29-,30-,31-,32+,33-,34?/m1/s1. The van der Waals surface area contributed by atoms with Crippen molar-refractivity contribution in [2.45, 2.75) is 153 Å². The van der Waals surface area contributed by atoms with E-state index >= 15 is 0 Å². The Labute approximate surface area is 260 Å². The fraction of sp³-hybridized carbons (Fsp3) is 0.941. The lowest BCUT2D eigenvalue weighted by Gasteiger charge is -2.58. The highest BCUT2D eigenvalue weighted by molar-refractivity contribution is 5.75. The number of carbonyl (C=O) groups excluding carboxylic acids is 2. The molecule has 10 aliphatic rings. The van der Waals surface area contributed by atoms with Crippen LogP contribution in [-0.2, 0) is 48.1 Å². The van der Waals surface area contributed by atoms with Crippen LogP contribution in [0.15, 0.2) is 0 Å². The fourth-order valence-electron chi connectivity index (χ4n) is 11.0. The molecule has 10 heteroatoms. The minimum absolute atomic E-state index is 0.0322. The Morgan fingerprint density at radius 2 is 1.00 bits per heavy atom. The maximum Gasteiger partial charge on any atom is 0.311 e. The molecule has 44 heavy (non-hydrogen) atoms. The summed E-state index contributed by atoms with van der Waals surface area (Å²) >= 11 is 0. The monoisotopic (exact) mass is 618 g/mol. The van der Waals surface area contributed by atoms with E-state index in [4.69, 9.17) is 38.5 Å². The minimum atomic E-state index is -0.868. The number of carbonyl (C=O) groups is 2. The number of esters is 2. The summed E-state index contributed by atoms with van der Waals surface area (Å²) in [6.07, 6.45) is 11.3. The number of fused-ring (bicyclic) bond motifs is 4. The molecule has 0 radical (unpaired) electrons. The Morgan fingerprint density at radius 3 is 1.43 bits per heavy atom. The van der Waals surface area contributed by atoms with E-state index in [1.54, 1.807) is 0 Å². The van der Waals surface area contributed by atoms with Crippen molar-refractivity contribution in [3.63, 3.8) is 0 Å². The Hall–Kier alpha value is -1.30. The molecule has 2 spiro atoms. The van der Waals surface area contributed by atoms with Crippen LogP contribution in [0.1, 0.15) is 118 Å². The molecule has 14 atom stereocenters. The first kappa shape index (κ1) is 30.1. The van der Waals surface area contributed by atoms with E-state index in [0.29, 0.717) is 11.8 Å². The van der Waals surface area contributed by atoms with Gasteiger partial charge in [-0.3, -0.25) is 9.59 Å². The van der Waals surface area contributed by atoms with Crippen LogP contribution in [0.5, 0.6) is 0 Å². The van der Waals surface area contributed by atoms with E-state index in [0.717, 1.165) is 89.9 Å². The molecule has 8 saturated heterocycles. The van der Waals surface area contributed by atoms with Gasteiger partial charge in [0.1, 0.15) is 0 Å². The lowest BCUT2D eigenvalue weighted by Crippen LogP contribution is -2.70. The number of hydrogen-bond donors (Lipinski definition) is 0. The molecule has 8 heterocycles. The molecule has 0 aromatic rings. The maximum absolute atomic E-state index is 13.3. The lowest BCUT2D eigenvalue weighted by atomic mass is 9.57. The van der Waals surface area contributed by atoms with Crippen LogP contribution in [0.25, 0.3) is 0 Å². The van der Waals surface area contributed by atoms with Gasteiger partial charge in [-0.1, -0.05) is 39.5 Å². The second-order valence-electron chi connectivity index (χ2n) is 15.9. The smallest absolute Gasteiger partial charge is 0.311 e. The summed E-state index contributed by atoms with van der Waals surface area (Å²) in [7, 11) is 0. The van der Waals surface area contributed by atoms with E-state index < -0.39 is 35.4 Å². The highest BCUT2D eigenvalue weighted by Crippen LogP contribution is 2.62. The highest BCUT2D eigenvalue weighted by atomic mass is 17.3. The Kier molecular flexibility index (Phi) is 7.25. The van der Waals surface area contributed by atoms with E-state index in [1.807, 2.05) is 13.8 Å². The first-order valence-electron chi connectivity index (χ1n) is 17.6. The molecule has 0 aromatic heterocycles. The second-order valence-corrected chi connectivity index (χ2v) is 15.9. The fourth-order valence-corrected chi connectivity index (χ4v) is 11.0. The van der Waals surface area contributed by atoms with Crippen LogP contribution < -0.4 is 0 Å². The number of hydrogen-bond acceptors (Lipinski definition) is 10. The minimum Gasteiger partial charge on any atom is -0.432 e. The van der Waals surface area contributed by atoms with Gasteiger partial charge in [0.2, 0.25) is 24.2 Å². The van der Waals surface area contributed by atoms with Crippen molar-refractivity contribution < 1.29 is 48.1 Å². The van der Waals surface area contributed by atoms with E-state index in [1.165, 1.54) is 0 Å². The summed E-state index contributed by atoms with van der Waals surface area (Å²) in [4.78, 5) is 51.0. The van der Waals surface area contributed by atoms with Gasteiger partial charge in [0.25, 0.3) is 0 Å². The largest absolute Gasteiger partial charge is 0.432 e. The zero-order chi connectivity index (χ0) is 30.5. The molecule has 246 valence electrons. The van der Waals surface area contributed by atoms with Gasteiger partial charge in [-0.2, -0.15) is 0 Å². The average molecular weight is 619 g/mol. The molecule has 4 bridgehead atoms. The van der Waals surface area contributed by atoms with Crippen LogP contribution in [0, 0.1) is 47.3 Å². The topological polar surface area (TPSA) is 108 Å². The van der Waals surface area contributed by atoms with Crippen molar-refractivity contribution in [2.75, 3.05) is 0 Å². The van der Waals surface area contributed by atoms with Crippen LogP contribution >= 0.6 is 0 Å². The van der Waals surface area contributed by atoms with E-state index in [2.05, 4.69) is 13.8 Å². The van der Waals surface area contributed by atoms with Crippen LogP contribution in [0.3, 0.4) is 0 Å². The molecule has 10 nitrogen and oxygen atoms in total. The lowest BCUT2D eigenvalue weighted by molar-refractivity contribution is -0.559. The Balaban J connectivity index is 0.891. The van der Waals surface area contributed by atoms with Gasteiger partial charge in [-0.05, 0) is 77.0 Å². The van der Waals surface area contributed by atoms with Crippen molar-refractivity contribution in [3.8, 4) is 0 Å². The van der Waals surface area contributed by atoms with Crippen molar-refractivity contribution in [2.24, 2.45) is 47.3 Å². The molecule has 8 aliphatic heterocycles. The predicted molar refractivity (Wildman–Crippen MR) is 152 cm³/mol. The van der Waals surface area contributed by atoms with Gasteiger partial charge < -0.3 is 18.9 Å². The third-order valence-corrected chi connectivity index (χ3v) is 13.4. The maximum atomic E-state index is 13.3. The van der Waals surface area contributed by atoms with Gasteiger partial charge in [0.05, 0.1) is 11.8 Å². The zero-order valence-corrected chi connectivity index (χ0v) is 26.8. The molecular formula is C34H50O10. The third-order valence-electron chi connectivity index (χ3n) is 13.4. The third kappa shape index (κ3) is 4.33. The van der Waals surface area contributed by atoms with Gasteiger partial charge in [0, 0.05) is 36.5 Å². The summed E-state index contributed by atoms with van der Waals surface area (Å²) in [5.74, 6) is -1.01. The molecule has 0 N–H and O–H groups in total. The van der Waals surface area contributed by atoms with Gasteiger partial charge in [-0.25, -0.2) is 19.6 Å². The molecular weight excluding hydrogens is 568 g/mol. The molecule has 3 unspecified atom stereocenters. The SMILES string of the molecule is C[C@@H]1CCC2[C@H](CCCCCC[C@H]3C(=O)O[C@@H]4O[C@@]5(C)CC[C@H]6[C@H](C)CCC3[C@@]46OO5)C(=O)O[C@@H]3O[C@]4(C)CC[C@@H]1C23OO4. The normalized spacial score (nSPS) is 54.0. The number of ether oxygens (including phenoxy) is 4. The van der Waals surface area contributed by atoms with Crippen molar-refractivity contribution in [3.05, 3.63) is 0 Å². The van der Waals surface area contributed by atoms with Gasteiger partial charge in [-0.15, -0.1) is 0 Å². The number of rotatable bonds is 7. The molecule has 0 aromatic carbocycles. The molecule has 10 rings (SSSR count). The van der Waals surface area contributed by atoms with Crippen molar-refractivity contribution in [1.82, 2.24) is 0 Å².